The lowest BCUT2D eigenvalue weighted by molar-refractivity contribution is -0.220. The molecular weight excluding hydrogens is 1050 g/mol. The van der Waals surface area contributed by atoms with E-state index in [1.165, 1.54) is 36.5 Å². The molecule has 3 aromatic rings. The van der Waals surface area contributed by atoms with E-state index in [4.69, 9.17) is 14.9 Å². The number of methoxy groups -OCH3 is 2. The standard InChI is InChI=1S/C51H61F9N10O8/c1-48(2)41(66-47(75)77-6)44(73)67-69(22-33-35(52)17-28(18-36(33)53)37(61)13-14-62-45(54)55)23-39(71)38(64-43(72)40(65-46(74)76-5)49(3,4)51(58,59)60)15-26-7-9-27(10-8-26)29-16-34(50(48,56)57)42(63-19-29)68-20-30-11-12-31(21-68)70(30)32-24-78-25-32/h7-10,13-14,16-19,30-32,38-41,45,61-62,71H,11-12,15,20-25H2,1-6H3,(H,64,72)(H,65,74)(H,66,75)(H,67,73)/b14-13-,61-37?/t30?,31?,38-,39-,40+,41+/m0/s1. The predicted molar refractivity (Wildman–Crippen MR) is 263 cm³/mol. The first-order valence-electron chi connectivity index (χ1n) is 24.7. The lowest BCUT2D eigenvalue weighted by Gasteiger charge is -2.48. The number of pyridine rings is 1. The van der Waals surface area contributed by atoms with Crippen molar-refractivity contribution >= 4 is 35.5 Å². The van der Waals surface area contributed by atoms with E-state index in [1.807, 2.05) is 5.32 Å². The molecule has 2 unspecified atom stereocenters. The highest BCUT2D eigenvalue weighted by Gasteiger charge is 2.59. The molecule has 1 aromatic heterocycles. The predicted octanol–water partition coefficient (Wildman–Crippen LogP) is 5.86. The molecule has 426 valence electrons. The molecule has 5 aliphatic rings. The monoisotopic (exact) mass is 1110 g/mol. The highest BCUT2D eigenvalue weighted by molar-refractivity contribution is 6.06. The average Bonchev–Trinajstić information content (AvgIpc) is 3.59. The Morgan fingerprint density at radius 2 is 1.55 bits per heavy atom. The number of rotatable bonds is 13. The molecule has 6 bridgehead atoms. The van der Waals surface area contributed by atoms with Gasteiger partial charge in [0.1, 0.15) is 29.5 Å². The molecule has 3 fully saturated rings. The number of fused-ring (bicyclic) bond motifs is 13. The number of ether oxygens (including phenoxy) is 3. The quantitative estimate of drug-likeness (QED) is 0.0606. The second kappa shape index (κ2) is 23.3. The van der Waals surface area contributed by atoms with Crippen LogP contribution in [0.1, 0.15) is 62.8 Å². The Bertz CT molecular complexity index is 2710. The van der Waals surface area contributed by atoms with Crippen molar-refractivity contribution in [1.82, 2.24) is 41.6 Å². The third-order valence-corrected chi connectivity index (χ3v) is 15.0. The fraction of sp³-hybridized carbons (Fsp3) is 0.529. The topological polar surface area (TPSA) is 223 Å². The molecule has 0 spiro atoms. The van der Waals surface area contributed by atoms with Crippen molar-refractivity contribution in [1.29, 1.82) is 5.41 Å². The summed E-state index contributed by atoms with van der Waals surface area (Å²) in [5.41, 5.74) is -5.24. The fourth-order valence-electron chi connectivity index (χ4n) is 10.2. The zero-order valence-corrected chi connectivity index (χ0v) is 43.3. The Balaban J connectivity index is 1.36. The van der Waals surface area contributed by atoms with Crippen LogP contribution >= 0.6 is 0 Å². The normalized spacial score (nSPS) is 23.5. The number of hydrogen-bond donors (Lipinski definition) is 7. The third kappa shape index (κ3) is 12.4. The fourth-order valence-corrected chi connectivity index (χ4v) is 10.2. The van der Waals surface area contributed by atoms with Gasteiger partial charge in [-0.25, -0.2) is 37.1 Å². The number of carbonyl (C=O) groups excluding carboxylic acids is 4. The minimum absolute atomic E-state index is 0.0266. The number of aromatic nitrogens is 1. The number of hydrazine groups is 1. The van der Waals surface area contributed by atoms with Gasteiger partial charge in [-0.3, -0.25) is 19.9 Å². The summed E-state index contributed by atoms with van der Waals surface area (Å²) in [4.78, 5) is 63.4. The molecule has 7 N–H and O–H groups in total. The van der Waals surface area contributed by atoms with Crippen molar-refractivity contribution in [2.24, 2.45) is 10.8 Å². The maximum absolute atomic E-state index is 18.3. The molecule has 4 amide bonds. The van der Waals surface area contributed by atoms with Gasteiger partial charge in [-0.05, 0) is 68.5 Å². The van der Waals surface area contributed by atoms with Crippen LogP contribution in [-0.2, 0) is 42.7 Å². The van der Waals surface area contributed by atoms with Gasteiger partial charge in [0.2, 0.25) is 5.91 Å². The number of alkyl halides is 7. The molecule has 0 aliphatic carbocycles. The molecule has 6 atom stereocenters. The summed E-state index contributed by atoms with van der Waals surface area (Å²) >= 11 is 0. The zero-order chi connectivity index (χ0) is 57.2. The summed E-state index contributed by atoms with van der Waals surface area (Å²) in [5.74, 6) is -9.99. The second-order valence-corrected chi connectivity index (χ2v) is 20.7. The molecule has 27 heteroatoms. The van der Waals surface area contributed by atoms with Crippen molar-refractivity contribution in [2.75, 3.05) is 52.0 Å². The number of piperazine rings is 1. The Morgan fingerprint density at radius 3 is 2.10 bits per heavy atom. The van der Waals surface area contributed by atoms with E-state index < -0.39 is 131 Å². The minimum atomic E-state index is -5.14. The second-order valence-electron chi connectivity index (χ2n) is 20.7. The van der Waals surface area contributed by atoms with E-state index in [-0.39, 0.29) is 35.1 Å². The van der Waals surface area contributed by atoms with Crippen LogP contribution in [0.2, 0.25) is 0 Å². The van der Waals surface area contributed by atoms with Gasteiger partial charge >= 0.3 is 24.9 Å². The van der Waals surface area contributed by atoms with Crippen molar-refractivity contribution in [3.8, 4) is 11.1 Å². The van der Waals surface area contributed by atoms with Crippen LogP contribution in [0, 0.1) is 27.9 Å². The number of aliphatic hydroxyl groups is 1. The SMILES string of the molecule is COC(=O)N[C@H](C(=O)N[C@H]1Cc2ccc(cc2)-c2cnc(N3CC4CCC(C3)N4C3COC3)c(c2)C(F)(F)C(C)(C)[C@H](NC(=O)OC)C(=O)NN(Cc2c(F)cc(C(=N)/C=C\NC(F)F)cc2F)C[C@@H]1O)C(C)(C)C(F)(F)F. The van der Waals surface area contributed by atoms with Gasteiger partial charge in [0.25, 0.3) is 11.8 Å². The first-order valence-corrected chi connectivity index (χ1v) is 24.7. The lowest BCUT2D eigenvalue weighted by Crippen LogP contribution is -2.64. The van der Waals surface area contributed by atoms with Gasteiger partial charge in [-0.2, -0.15) is 22.0 Å². The van der Waals surface area contributed by atoms with Gasteiger partial charge in [-0.15, -0.1) is 0 Å². The molecule has 0 radical (unpaired) electrons. The maximum atomic E-state index is 18.3. The van der Waals surface area contributed by atoms with E-state index in [1.54, 1.807) is 10.2 Å². The summed E-state index contributed by atoms with van der Waals surface area (Å²) in [6, 6.07) is 2.18. The van der Waals surface area contributed by atoms with Gasteiger partial charge in [-0.1, -0.05) is 38.1 Å². The van der Waals surface area contributed by atoms with Crippen LogP contribution in [0.4, 0.5) is 54.9 Å². The molecule has 3 saturated heterocycles. The molecule has 0 saturated carbocycles. The van der Waals surface area contributed by atoms with Crippen LogP contribution in [-0.4, -0.2) is 152 Å². The number of nitrogens with one attached hydrogen (secondary N) is 6. The largest absolute Gasteiger partial charge is 0.453 e. The van der Waals surface area contributed by atoms with Crippen LogP contribution in [0.5, 0.6) is 0 Å². The van der Waals surface area contributed by atoms with Crippen LogP contribution in [0.3, 0.4) is 0 Å². The Hall–Kier alpha value is -6.71. The van der Waals surface area contributed by atoms with Crippen LogP contribution in [0.15, 0.2) is 60.9 Å². The Labute approximate surface area is 442 Å². The average molecular weight is 1110 g/mol. The number of halogens is 9. The summed E-state index contributed by atoms with van der Waals surface area (Å²) in [5, 5.41) is 29.0. The molecule has 6 heterocycles. The highest BCUT2D eigenvalue weighted by atomic mass is 19.4. The summed E-state index contributed by atoms with van der Waals surface area (Å²) in [6.07, 6.45) is -6.02. The van der Waals surface area contributed by atoms with Crippen molar-refractivity contribution in [3.05, 3.63) is 94.8 Å². The smallest absolute Gasteiger partial charge is 0.407 e. The molecular formula is C51H61F9N10O8. The zero-order valence-electron chi connectivity index (χ0n) is 43.3. The highest BCUT2D eigenvalue weighted by Crippen LogP contribution is 2.51. The number of amides is 4. The number of hydrogen-bond acceptors (Lipinski definition) is 14. The lowest BCUT2D eigenvalue weighted by atomic mass is 9.74. The first-order chi connectivity index (χ1) is 36.6. The van der Waals surface area contributed by atoms with E-state index in [0.717, 1.165) is 47.0 Å². The molecule has 2 aromatic carbocycles. The number of carbonyl (C=O) groups is 4. The maximum Gasteiger partial charge on any atom is 0.407 e. The van der Waals surface area contributed by atoms with Crippen LogP contribution in [0.25, 0.3) is 11.1 Å². The van der Waals surface area contributed by atoms with Gasteiger partial charge in [0, 0.05) is 67.3 Å². The van der Waals surface area contributed by atoms with Gasteiger partial charge in [0.15, 0.2) is 0 Å². The summed E-state index contributed by atoms with van der Waals surface area (Å²) in [6.45, 7) is -0.225. The van der Waals surface area contributed by atoms with Crippen LogP contribution < -0.4 is 31.6 Å². The molecule has 8 rings (SSSR count). The van der Waals surface area contributed by atoms with Crippen molar-refractivity contribution < 1.29 is 78.0 Å². The van der Waals surface area contributed by atoms with Crippen molar-refractivity contribution in [3.63, 3.8) is 0 Å². The number of nitrogens with zero attached hydrogens (tertiary/aromatic N) is 4. The van der Waals surface area contributed by atoms with Gasteiger partial charge < -0.3 is 50.9 Å². The number of alkyl carbamates (subject to hydrolysis) is 2. The van der Waals surface area contributed by atoms with Gasteiger partial charge in [0.05, 0.1) is 67.7 Å². The van der Waals surface area contributed by atoms with E-state index in [2.05, 4.69) is 30.7 Å². The molecule has 5 aliphatic heterocycles. The van der Waals surface area contributed by atoms with Crippen molar-refractivity contribution in [2.45, 2.75) is 115 Å². The number of allylic oxidation sites excluding steroid dienone is 1. The number of anilines is 1. The Kier molecular flexibility index (Phi) is 17.6. The third-order valence-electron chi connectivity index (χ3n) is 15.0. The minimum Gasteiger partial charge on any atom is -0.453 e. The van der Waals surface area contributed by atoms with E-state index in [9.17, 15) is 46.2 Å². The summed E-state index contributed by atoms with van der Waals surface area (Å²) in [7, 11) is 1.74. The number of aliphatic hydroxyl groups excluding tert-OH is 1. The van der Waals surface area contributed by atoms with E-state index in [0.29, 0.717) is 69.1 Å². The molecule has 78 heavy (non-hydrogen) atoms. The summed E-state index contributed by atoms with van der Waals surface area (Å²) < 4.78 is 153. The molecule has 18 nitrogen and oxygen atoms in total. The van der Waals surface area contributed by atoms with E-state index >= 15 is 17.6 Å². The first kappa shape index (κ1) is 59.0. The number of benzene rings is 2. The Morgan fingerprint density at radius 1 is 0.936 bits per heavy atom.